The maximum atomic E-state index is 13.5. The summed E-state index contributed by atoms with van der Waals surface area (Å²) < 4.78 is 28.0. The molecule has 0 bridgehead atoms. The third-order valence-electron chi connectivity index (χ3n) is 4.95. The minimum absolute atomic E-state index is 0.110. The summed E-state index contributed by atoms with van der Waals surface area (Å²) in [6.07, 6.45) is 0. The van der Waals surface area contributed by atoms with Crippen LogP contribution >= 0.6 is 23.2 Å². The quantitative estimate of drug-likeness (QED) is 0.424. The maximum Gasteiger partial charge on any atom is 0.264 e. The van der Waals surface area contributed by atoms with E-state index in [-0.39, 0.29) is 9.92 Å². The smallest absolute Gasteiger partial charge is 0.264 e. The van der Waals surface area contributed by atoms with Crippen LogP contribution in [0, 0.1) is 6.92 Å². The number of carbonyl (C=O) groups is 1. The molecule has 0 atom stereocenters. The average Bonchev–Trinajstić information content (AvgIpc) is 2.75. The van der Waals surface area contributed by atoms with Crippen LogP contribution in [-0.2, 0) is 14.8 Å². The van der Waals surface area contributed by atoms with Gasteiger partial charge in [-0.3, -0.25) is 9.10 Å². The Morgan fingerprint density at radius 2 is 1.56 bits per heavy atom. The summed E-state index contributed by atoms with van der Waals surface area (Å²) in [5, 5.41) is 3.33. The fourth-order valence-corrected chi connectivity index (χ4v) is 4.80. The van der Waals surface area contributed by atoms with Gasteiger partial charge in [0.25, 0.3) is 10.0 Å². The third-order valence-corrected chi connectivity index (χ3v) is 7.47. The molecule has 1 N–H and O–H groups in total. The largest absolute Gasteiger partial charge is 0.324 e. The normalized spacial score (nSPS) is 11.4. The molecule has 0 radical (unpaired) electrons. The molecule has 3 rings (SSSR count). The van der Waals surface area contributed by atoms with Gasteiger partial charge < -0.3 is 5.32 Å². The number of nitrogens with zero attached hydrogens (tertiary/aromatic N) is 1. The predicted molar refractivity (Wildman–Crippen MR) is 131 cm³/mol. The second-order valence-corrected chi connectivity index (χ2v) is 10.4. The molecule has 3 aromatic rings. The van der Waals surface area contributed by atoms with E-state index in [1.54, 1.807) is 36.4 Å². The predicted octanol–water partition coefficient (Wildman–Crippen LogP) is 6.26. The number of sulfonamides is 1. The van der Waals surface area contributed by atoms with Crippen LogP contribution in [0.4, 0.5) is 11.4 Å². The molecule has 168 valence electrons. The summed E-state index contributed by atoms with van der Waals surface area (Å²) in [6.45, 7) is 5.59. The lowest BCUT2D eigenvalue weighted by Gasteiger charge is -2.24. The van der Waals surface area contributed by atoms with Gasteiger partial charge in [-0.05, 0) is 60.9 Å². The van der Waals surface area contributed by atoms with Crippen molar-refractivity contribution in [3.05, 3.63) is 87.9 Å². The number of amides is 1. The SMILES string of the molecule is Cc1ccc(S(=O)(=O)N(CC(=O)Nc2ccc(Cl)c(Cl)c2)c2ccc(C(C)C)cc2)cc1. The van der Waals surface area contributed by atoms with E-state index in [9.17, 15) is 13.2 Å². The minimum atomic E-state index is -3.98. The summed E-state index contributed by atoms with van der Waals surface area (Å²) >= 11 is 11.9. The van der Waals surface area contributed by atoms with Crippen LogP contribution < -0.4 is 9.62 Å². The van der Waals surface area contributed by atoms with E-state index in [4.69, 9.17) is 23.2 Å². The van der Waals surface area contributed by atoms with Crippen molar-refractivity contribution < 1.29 is 13.2 Å². The Morgan fingerprint density at radius 1 is 0.938 bits per heavy atom. The number of hydrogen-bond donors (Lipinski definition) is 1. The van der Waals surface area contributed by atoms with Gasteiger partial charge in [0.1, 0.15) is 6.54 Å². The first-order valence-electron chi connectivity index (χ1n) is 10.0. The van der Waals surface area contributed by atoms with Crippen molar-refractivity contribution in [1.82, 2.24) is 0 Å². The lowest BCUT2D eigenvalue weighted by atomic mass is 10.0. The summed E-state index contributed by atoms with van der Waals surface area (Å²) in [5.41, 5.74) is 2.84. The first-order valence-corrected chi connectivity index (χ1v) is 12.2. The molecular formula is C24H24Cl2N2O3S. The van der Waals surface area contributed by atoms with E-state index < -0.39 is 22.5 Å². The van der Waals surface area contributed by atoms with Gasteiger partial charge in [-0.15, -0.1) is 0 Å². The van der Waals surface area contributed by atoms with Crippen LogP contribution in [0.25, 0.3) is 0 Å². The van der Waals surface area contributed by atoms with Gasteiger partial charge in [-0.2, -0.15) is 0 Å². The van der Waals surface area contributed by atoms with Crippen molar-refractivity contribution in [2.75, 3.05) is 16.2 Å². The highest BCUT2D eigenvalue weighted by molar-refractivity contribution is 7.92. The molecule has 8 heteroatoms. The van der Waals surface area contributed by atoms with Gasteiger partial charge in [-0.25, -0.2) is 8.42 Å². The molecule has 0 saturated heterocycles. The maximum absolute atomic E-state index is 13.5. The monoisotopic (exact) mass is 490 g/mol. The van der Waals surface area contributed by atoms with E-state index in [1.165, 1.54) is 18.2 Å². The van der Waals surface area contributed by atoms with Gasteiger partial charge in [-0.1, -0.05) is 66.9 Å². The third kappa shape index (κ3) is 5.63. The Kier molecular flexibility index (Phi) is 7.49. The Balaban J connectivity index is 1.94. The molecule has 0 heterocycles. The minimum Gasteiger partial charge on any atom is -0.324 e. The Hall–Kier alpha value is -2.54. The standard InChI is InChI=1S/C24H24Cl2N2O3S/c1-16(2)18-6-9-20(10-7-18)28(32(30,31)21-11-4-17(3)5-12-21)15-24(29)27-19-8-13-22(25)23(26)14-19/h4-14,16H,15H2,1-3H3,(H,27,29). The Morgan fingerprint density at radius 3 is 2.12 bits per heavy atom. The van der Waals surface area contributed by atoms with Crippen molar-refractivity contribution in [2.24, 2.45) is 0 Å². The van der Waals surface area contributed by atoms with Crippen molar-refractivity contribution in [2.45, 2.75) is 31.6 Å². The van der Waals surface area contributed by atoms with E-state index in [0.717, 1.165) is 15.4 Å². The summed E-state index contributed by atoms with van der Waals surface area (Å²) in [6, 6.07) is 18.4. The molecule has 0 unspecified atom stereocenters. The van der Waals surface area contributed by atoms with Crippen molar-refractivity contribution in [1.29, 1.82) is 0 Å². The number of rotatable bonds is 7. The van der Waals surface area contributed by atoms with Crippen LogP contribution in [-0.4, -0.2) is 20.9 Å². The molecule has 0 fully saturated rings. The molecular weight excluding hydrogens is 467 g/mol. The van der Waals surface area contributed by atoms with Gasteiger partial charge in [0.2, 0.25) is 5.91 Å². The molecule has 0 aliphatic heterocycles. The number of benzene rings is 3. The fraction of sp³-hybridized carbons (Fsp3) is 0.208. The van der Waals surface area contributed by atoms with E-state index >= 15 is 0 Å². The molecule has 0 aliphatic carbocycles. The van der Waals surface area contributed by atoms with Crippen LogP contribution in [0.2, 0.25) is 10.0 Å². The van der Waals surface area contributed by atoms with Gasteiger partial charge in [0.05, 0.1) is 20.6 Å². The Bertz CT molecular complexity index is 1210. The lowest BCUT2D eigenvalue weighted by Crippen LogP contribution is -2.38. The molecule has 0 spiro atoms. The van der Waals surface area contributed by atoms with Crippen molar-refractivity contribution in [3.8, 4) is 0 Å². The van der Waals surface area contributed by atoms with Crippen LogP contribution in [0.1, 0.15) is 30.9 Å². The highest BCUT2D eigenvalue weighted by Crippen LogP contribution is 2.27. The van der Waals surface area contributed by atoms with Crippen molar-refractivity contribution in [3.63, 3.8) is 0 Å². The highest BCUT2D eigenvalue weighted by Gasteiger charge is 2.27. The zero-order valence-electron chi connectivity index (χ0n) is 18.0. The molecule has 0 saturated carbocycles. The molecule has 0 aliphatic rings. The van der Waals surface area contributed by atoms with E-state index in [0.29, 0.717) is 22.3 Å². The number of aryl methyl sites for hydroxylation is 1. The first-order chi connectivity index (χ1) is 15.1. The zero-order chi connectivity index (χ0) is 23.5. The molecule has 32 heavy (non-hydrogen) atoms. The average molecular weight is 491 g/mol. The number of hydrogen-bond acceptors (Lipinski definition) is 3. The number of halogens is 2. The van der Waals surface area contributed by atoms with Crippen LogP contribution in [0.15, 0.2) is 71.6 Å². The van der Waals surface area contributed by atoms with Crippen LogP contribution in [0.5, 0.6) is 0 Å². The topological polar surface area (TPSA) is 66.5 Å². The van der Waals surface area contributed by atoms with Crippen molar-refractivity contribution >= 4 is 50.5 Å². The summed E-state index contributed by atoms with van der Waals surface area (Å²) in [4.78, 5) is 12.9. The summed E-state index contributed by atoms with van der Waals surface area (Å²) in [7, 11) is -3.98. The van der Waals surface area contributed by atoms with Gasteiger partial charge in [0.15, 0.2) is 0 Å². The second-order valence-electron chi connectivity index (χ2n) is 7.75. The number of carbonyl (C=O) groups excluding carboxylic acids is 1. The van der Waals surface area contributed by atoms with Gasteiger partial charge in [0, 0.05) is 5.69 Å². The highest BCUT2D eigenvalue weighted by atomic mass is 35.5. The van der Waals surface area contributed by atoms with E-state index in [2.05, 4.69) is 19.2 Å². The number of anilines is 2. The van der Waals surface area contributed by atoms with E-state index in [1.807, 2.05) is 19.1 Å². The molecule has 1 amide bonds. The number of nitrogens with one attached hydrogen (secondary N) is 1. The molecule has 0 aromatic heterocycles. The van der Waals surface area contributed by atoms with Gasteiger partial charge >= 0.3 is 0 Å². The molecule has 5 nitrogen and oxygen atoms in total. The zero-order valence-corrected chi connectivity index (χ0v) is 20.3. The lowest BCUT2D eigenvalue weighted by molar-refractivity contribution is -0.114. The Labute approximate surface area is 199 Å². The first kappa shape index (κ1) is 24.1. The molecule has 3 aromatic carbocycles. The summed E-state index contributed by atoms with van der Waals surface area (Å²) in [5.74, 6) is -0.212. The fourth-order valence-electron chi connectivity index (χ4n) is 3.08. The van der Waals surface area contributed by atoms with Crippen LogP contribution in [0.3, 0.4) is 0 Å². The second kappa shape index (κ2) is 9.94.